The summed E-state index contributed by atoms with van der Waals surface area (Å²) >= 11 is 0. The minimum Gasteiger partial charge on any atom is -0.481 e. The van der Waals surface area contributed by atoms with Crippen LogP contribution in [-0.2, 0) is 9.59 Å². The number of hydrogen-bond acceptors (Lipinski definition) is 3. The molecule has 1 fully saturated rings. The summed E-state index contributed by atoms with van der Waals surface area (Å²) in [7, 11) is 0. The van der Waals surface area contributed by atoms with Crippen LogP contribution in [0.2, 0.25) is 0 Å². The number of hydrogen-bond donors (Lipinski definition) is 3. The zero-order valence-electron chi connectivity index (χ0n) is 7.85. The molecule has 14 heavy (non-hydrogen) atoms. The lowest BCUT2D eigenvalue weighted by atomic mass is 9.74. The molecule has 0 aliphatic heterocycles. The van der Waals surface area contributed by atoms with Crippen LogP contribution in [0, 0.1) is 17.8 Å². The molecule has 5 heteroatoms. The van der Waals surface area contributed by atoms with Gasteiger partial charge < -0.3 is 15.9 Å². The fourth-order valence-electron chi connectivity index (χ4n) is 2.04. The summed E-state index contributed by atoms with van der Waals surface area (Å²) in [5.41, 5.74) is 5.45. The van der Waals surface area contributed by atoms with Crippen LogP contribution in [-0.4, -0.2) is 28.7 Å². The van der Waals surface area contributed by atoms with Gasteiger partial charge in [-0.15, -0.1) is 0 Å². The molecule has 0 radical (unpaired) electrons. The Morgan fingerprint density at radius 1 is 1.14 bits per heavy atom. The molecule has 1 aliphatic carbocycles. The molecule has 1 aliphatic rings. The highest BCUT2D eigenvalue weighted by Crippen LogP contribution is 2.33. The Kier molecular flexibility index (Phi) is 3.46. The van der Waals surface area contributed by atoms with Gasteiger partial charge in [-0.3, -0.25) is 9.59 Å². The first-order valence-corrected chi connectivity index (χ1v) is 4.72. The highest BCUT2D eigenvalue weighted by Gasteiger charge is 2.38. The van der Waals surface area contributed by atoms with Gasteiger partial charge in [0.2, 0.25) is 0 Å². The first-order chi connectivity index (χ1) is 6.56. The average Bonchev–Trinajstić information content (AvgIpc) is 2.16. The van der Waals surface area contributed by atoms with Gasteiger partial charge in [0.1, 0.15) is 0 Å². The van der Waals surface area contributed by atoms with Crippen molar-refractivity contribution in [1.82, 2.24) is 0 Å². The van der Waals surface area contributed by atoms with E-state index in [9.17, 15) is 9.59 Å². The molecule has 0 amide bonds. The van der Waals surface area contributed by atoms with Crippen LogP contribution in [0.15, 0.2) is 0 Å². The summed E-state index contributed by atoms with van der Waals surface area (Å²) in [4.78, 5) is 21.6. The molecule has 0 aromatic rings. The van der Waals surface area contributed by atoms with Gasteiger partial charge >= 0.3 is 11.9 Å². The second-order valence-corrected chi connectivity index (χ2v) is 3.80. The molecule has 0 heterocycles. The summed E-state index contributed by atoms with van der Waals surface area (Å²) in [5, 5.41) is 17.7. The molecule has 3 atom stereocenters. The van der Waals surface area contributed by atoms with E-state index in [0.717, 1.165) is 6.42 Å². The van der Waals surface area contributed by atoms with Crippen molar-refractivity contribution >= 4 is 11.9 Å². The van der Waals surface area contributed by atoms with Gasteiger partial charge in [0.15, 0.2) is 0 Å². The Bertz CT molecular complexity index is 241. The molecule has 0 aromatic carbocycles. The Balaban J connectivity index is 2.70. The molecular formula is C9H15NO4. The molecule has 1 saturated carbocycles. The van der Waals surface area contributed by atoms with Crippen molar-refractivity contribution < 1.29 is 19.8 Å². The van der Waals surface area contributed by atoms with Crippen molar-refractivity contribution in [2.75, 3.05) is 6.54 Å². The normalized spacial score (nSPS) is 32.5. The fourth-order valence-corrected chi connectivity index (χ4v) is 2.04. The minimum absolute atomic E-state index is 0.159. The van der Waals surface area contributed by atoms with Gasteiger partial charge in [-0.05, 0) is 31.7 Å². The summed E-state index contributed by atoms with van der Waals surface area (Å²) in [5.74, 6) is -3.37. The SMILES string of the molecule is NCC1CCC(C(=O)O)C(C(=O)O)C1. The molecule has 0 aromatic heterocycles. The third-order valence-electron chi connectivity index (χ3n) is 2.93. The first kappa shape index (κ1) is 11.0. The van der Waals surface area contributed by atoms with Crippen LogP contribution >= 0.6 is 0 Å². The number of carboxylic acids is 2. The maximum Gasteiger partial charge on any atom is 0.307 e. The van der Waals surface area contributed by atoms with Gasteiger partial charge in [-0.1, -0.05) is 0 Å². The lowest BCUT2D eigenvalue weighted by Gasteiger charge is -2.30. The first-order valence-electron chi connectivity index (χ1n) is 4.72. The molecule has 5 nitrogen and oxygen atoms in total. The van der Waals surface area contributed by atoms with Crippen LogP contribution in [0.5, 0.6) is 0 Å². The lowest BCUT2D eigenvalue weighted by molar-refractivity contribution is -0.156. The number of aliphatic carboxylic acids is 2. The topological polar surface area (TPSA) is 101 Å². The second-order valence-electron chi connectivity index (χ2n) is 3.80. The molecule has 80 valence electrons. The molecule has 0 spiro atoms. The van der Waals surface area contributed by atoms with Crippen LogP contribution in [0.4, 0.5) is 0 Å². The summed E-state index contributed by atoms with van der Waals surface area (Å²) < 4.78 is 0. The number of carbonyl (C=O) groups is 2. The van der Waals surface area contributed by atoms with Crippen molar-refractivity contribution in [3.8, 4) is 0 Å². The number of carboxylic acid groups (broad SMARTS) is 2. The predicted molar refractivity (Wildman–Crippen MR) is 48.6 cm³/mol. The van der Waals surface area contributed by atoms with Crippen LogP contribution < -0.4 is 5.73 Å². The average molecular weight is 201 g/mol. The van der Waals surface area contributed by atoms with Crippen LogP contribution in [0.1, 0.15) is 19.3 Å². The molecule has 0 bridgehead atoms. The summed E-state index contributed by atoms with van der Waals surface area (Å²) in [6, 6.07) is 0. The van der Waals surface area contributed by atoms with Gasteiger partial charge in [-0.25, -0.2) is 0 Å². The van der Waals surface area contributed by atoms with Gasteiger partial charge in [0.25, 0.3) is 0 Å². The zero-order chi connectivity index (χ0) is 10.7. The van der Waals surface area contributed by atoms with E-state index >= 15 is 0 Å². The van der Waals surface area contributed by atoms with Gasteiger partial charge in [0, 0.05) is 0 Å². The Hall–Kier alpha value is -1.10. The molecule has 3 unspecified atom stereocenters. The van der Waals surface area contributed by atoms with E-state index in [1.807, 2.05) is 0 Å². The quantitative estimate of drug-likeness (QED) is 0.603. The van der Waals surface area contributed by atoms with E-state index in [1.54, 1.807) is 0 Å². The van der Waals surface area contributed by atoms with E-state index < -0.39 is 23.8 Å². The maximum absolute atomic E-state index is 10.8. The number of nitrogens with two attached hydrogens (primary N) is 1. The molecule has 0 saturated heterocycles. The third-order valence-corrected chi connectivity index (χ3v) is 2.93. The standard InChI is InChI=1S/C9H15NO4/c10-4-5-1-2-6(8(11)12)7(3-5)9(13)14/h5-7H,1-4,10H2,(H,11,12)(H,13,14). The van der Waals surface area contributed by atoms with Crippen LogP contribution in [0.25, 0.3) is 0 Å². The minimum atomic E-state index is -1.02. The van der Waals surface area contributed by atoms with Crippen molar-refractivity contribution in [1.29, 1.82) is 0 Å². The second kappa shape index (κ2) is 4.41. The van der Waals surface area contributed by atoms with Crippen molar-refractivity contribution in [2.45, 2.75) is 19.3 Å². The summed E-state index contributed by atoms with van der Waals surface area (Å²) in [6.07, 6.45) is 1.54. The monoisotopic (exact) mass is 201 g/mol. The van der Waals surface area contributed by atoms with Crippen molar-refractivity contribution in [3.63, 3.8) is 0 Å². The van der Waals surface area contributed by atoms with E-state index in [0.29, 0.717) is 19.4 Å². The highest BCUT2D eigenvalue weighted by molar-refractivity contribution is 5.80. The van der Waals surface area contributed by atoms with Crippen molar-refractivity contribution in [2.24, 2.45) is 23.5 Å². The zero-order valence-corrected chi connectivity index (χ0v) is 7.85. The maximum atomic E-state index is 10.8. The van der Waals surface area contributed by atoms with Gasteiger partial charge in [0.05, 0.1) is 11.8 Å². The fraction of sp³-hybridized carbons (Fsp3) is 0.778. The Labute approximate surface area is 81.9 Å². The van der Waals surface area contributed by atoms with Gasteiger partial charge in [-0.2, -0.15) is 0 Å². The number of rotatable bonds is 3. The van der Waals surface area contributed by atoms with E-state index in [2.05, 4.69) is 0 Å². The molecule has 4 N–H and O–H groups in total. The summed E-state index contributed by atoms with van der Waals surface area (Å²) in [6.45, 7) is 0.441. The van der Waals surface area contributed by atoms with Crippen molar-refractivity contribution in [3.05, 3.63) is 0 Å². The van der Waals surface area contributed by atoms with E-state index in [4.69, 9.17) is 15.9 Å². The third kappa shape index (κ3) is 2.23. The Morgan fingerprint density at radius 2 is 1.71 bits per heavy atom. The molecular weight excluding hydrogens is 186 g/mol. The predicted octanol–water partition coefficient (Wildman–Crippen LogP) is 0.147. The highest BCUT2D eigenvalue weighted by atomic mass is 16.4. The largest absolute Gasteiger partial charge is 0.481 e. The van der Waals surface area contributed by atoms with E-state index in [1.165, 1.54) is 0 Å². The van der Waals surface area contributed by atoms with E-state index in [-0.39, 0.29) is 5.92 Å². The smallest absolute Gasteiger partial charge is 0.307 e. The van der Waals surface area contributed by atoms with Crippen LogP contribution in [0.3, 0.4) is 0 Å². The molecule has 1 rings (SSSR count). The Morgan fingerprint density at radius 3 is 2.14 bits per heavy atom. The lowest BCUT2D eigenvalue weighted by Crippen LogP contribution is -2.37.